The van der Waals surface area contributed by atoms with Crippen LogP contribution < -0.4 is 0 Å². The fourth-order valence-electron chi connectivity index (χ4n) is 2.21. The molecule has 110 valence electrons. The van der Waals surface area contributed by atoms with E-state index in [2.05, 4.69) is 15.1 Å². The second kappa shape index (κ2) is 5.99. The van der Waals surface area contributed by atoms with E-state index in [0.29, 0.717) is 36.7 Å². The first-order chi connectivity index (χ1) is 10.2. The van der Waals surface area contributed by atoms with Crippen molar-refractivity contribution >= 4 is 34.2 Å². The van der Waals surface area contributed by atoms with Gasteiger partial charge >= 0.3 is 0 Å². The summed E-state index contributed by atoms with van der Waals surface area (Å²) in [5.74, 6) is 1.26. The molecule has 0 aliphatic carbocycles. The molecule has 0 N–H and O–H groups in total. The zero-order valence-electron chi connectivity index (χ0n) is 10.9. The molecule has 2 aromatic heterocycles. The Kier molecular flexibility index (Phi) is 4.07. The number of fused-ring (bicyclic) bond motifs is 1. The zero-order valence-corrected chi connectivity index (χ0v) is 12.4. The second-order valence-corrected chi connectivity index (χ2v) is 5.24. The van der Waals surface area contributed by atoms with Gasteiger partial charge in [-0.1, -0.05) is 16.8 Å². The first kappa shape index (κ1) is 14.3. The molecular formula is C13H11Cl2FN4O. The van der Waals surface area contributed by atoms with Crippen LogP contribution in [-0.2, 0) is 19.4 Å². The van der Waals surface area contributed by atoms with Crippen molar-refractivity contribution in [3.8, 4) is 0 Å². The molecule has 1 aromatic carbocycles. The molecule has 0 spiro atoms. The minimum atomic E-state index is -0.483. The average molecular weight is 329 g/mol. The Morgan fingerprint density at radius 1 is 1.29 bits per heavy atom. The highest BCUT2D eigenvalue weighted by Crippen LogP contribution is 2.24. The zero-order chi connectivity index (χ0) is 14.8. The van der Waals surface area contributed by atoms with Crippen LogP contribution in [0.15, 0.2) is 23.0 Å². The van der Waals surface area contributed by atoms with Gasteiger partial charge in [0.15, 0.2) is 6.33 Å². The smallest absolute Gasteiger partial charge is 0.228 e. The van der Waals surface area contributed by atoms with Crippen molar-refractivity contribution in [3.63, 3.8) is 0 Å². The largest absolute Gasteiger partial charge is 0.340 e. The van der Waals surface area contributed by atoms with Gasteiger partial charge in [-0.25, -0.2) is 9.37 Å². The van der Waals surface area contributed by atoms with E-state index in [0.717, 1.165) is 11.3 Å². The monoisotopic (exact) mass is 328 g/mol. The molecule has 0 saturated carbocycles. The van der Waals surface area contributed by atoms with E-state index in [1.165, 1.54) is 12.4 Å². The van der Waals surface area contributed by atoms with E-state index in [4.69, 9.17) is 27.7 Å². The summed E-state index contributed by atoms with van der Waals surface area (Å²) < 4.78 is 20.5. The molecule has 3 aromatic rings. The summed E-state index contributed by atoms with van der Waals surface area (Å²) in [4.78, 5) is 8.40. The summed E-state index contributed by atoms with van der Waals surface area (Å²) in [6, 6.07) is 2.91. The molecule has 0 atom stereocenters. The fraction of sp³-hybridized carbons (Fsp3) is 0.308. The highest BCUT2D eigenvalue weighted by Gasteiger charge is 2.14. The molecule has 0 aliphatic heterocycles. The van der Waals surface area contributed by atoms with Gasteiger partial charge in [-0.2, -0.15) is 4.98 Å². The van der Waals surface area contributed by atoms with Crippen LogP contribution in [0.4, 0.5) is 4.39 Å². The van der Waals surface area contributed by atoms with Crippen LogP contribution in [0.5, 0.6) is 0 Å². The number of hydrogen-bond donors (Lipinski definition) is 0. The maximum Gasteiger partial charge on any atom is 0.228 e. The van der Waals surface area contributed by atoms with E-state index in [9.17, 15) is 4.39 Å². The van der Waals surface area contributed by atoms with E-state index in [-0.39, 0.29) is 5.02 Å². The Balaban J connectivity index is 2.00. The number of rotatable bonds is 5. The van der Waals surface area contributed by atoms with Crippen LogP contribution >= 0.6 is 23.2 Å². The number of halogens is 3. The Labute approximate surface area is 129 Å². The van der Waals surface area contributed by atoms with E-state index in [1.807, 2.05) is 4.57 Å². The number of imidazole rings is 1. The van der Waals surface area contributed by atoms with Gasteiger partial charge in [-0.05, 0) is 6.07 Å². The van der Waals surface area contributed by atoms with Crippen molar-refractivity contribution in [2.45, 2.75) is 19.4 Å². The lowest BCUT2D eigenvalue weighted by Crippen LogP contribution is -2.07. The topological polar surface area (TPSA) is 56.7 Å². The third-order valence-corrected chi connectivity index (χ3v) is 3.62. The van der Waals surface area contributed by atoms with Crippen molar-refractivity contribution in [1.29, 1.82) is 0 Å². The Morgan fingerprint density at radius 3 is 2.86 bits per heavy atom. The summed E-state index contributed by atoms with van der Waals surface area (Å²) in [7, 11) is 0. The SMILES string of the molecule is Fc1cc2nc(CCCl)n(CCc3ncno3)c2cc1Cl. The summed E-state index contributed by atoms with van der Waals surface area (Å²) in [5, 5.41) is 3.63. The predicted molar refractivity (Wildman–Crippen MR) is 77.1 cm³/mol. The normalized spacial score (nSPS) is 11.4. The van der Waals surface area contributed by atoms with Crippen LogP contribution in [0.1, 0.15) is 11.7 Å². The van der Waals surface area contributed by atoms with Gasteiger partial charge < -0.3 is 9.09 Å². The first-order valence-corrected chi connectivity index (χ1v) is 7.26. The number of aromatic nitrogens is 4. The molecule has 0 bridgehead atoms. The molecule has 0 aliphatic rings. The minimum absolute atomic E-state index is 0.0684. The summed E-state index contributed by atoms with van der Waals surface area (Å²) in [5.41, 5.74) is 1.32. The molecule has 3 rings (SSSR count). The highest BCUT2D eigenvalue weighted by atomic mass is 35.5. The Bertz CT molecular complexity index is 757. The maximum atomic E-state index is 13.5. The number of benzene rings is 1. The third kappa shape index (κ3) is 2.87. The molecule has 5 nitrogen and oxygen atoms in total. The van der Waals surface area contributed by atoms with Crippen LogP contribution in [0.2, 0.25) is 5.02 Å². The van der Waals surface area contributed by atoms with Crippen LogP contribution in [0.25, 0.3) is 11.0 Å². The quantitative estimate of drug-likeness (QED) is 0.675. The van der Waals surface area contributed by atoms with Gasteiger partial charge in [0.05, 0.1) is 16.1 Å². The fourth-order valence-corrected chi connectivity index (χ4v) is 2.54. The average Bonchev–Trinajstić information content (AvgIpc) is 3.06. The molecular weight excluding hydrogens is 318 g/mol. The van der Waals surface area contributed by atoms with Crippen molar-refractivity contribution in [2.75, 3.05) is 5.88 Å². The van der Waals surface area contributed by atoms with Crippen LogP contribution in [-0.4, -0.2) is 25.6 Å². The molecule has 0 radical (unpaired) electrons. The van der Waals surface area contributed by atoms with Gasteiger partial charge in [0, 0.05) is 31.3 Å². The standard InChI is InChI=1S/C13H11Cl2FN4O/c14-3-1-12-19-10-6-9(16)8(15)5-11(10)20(12)4-2-13-17-7-18-21-13/h5-7H,1-4H2. The van der Waals surface area contributed by atoms with Crippen LogP contribution in [0.3, 0.4) is 0 Å². The van der Waals surface area contributed by atoms with Gasteiger partial charge in [-0.15, -0.1) is 11.6 Å². The van der Waals surface area contributed by atoms with E-state index >= 15 is 0 Å². The number of aryl methyl sites for hydroxylation is 3. The van der Waals surface area contributed by atoms with Gasteiger partial charge in [0.2, 0.25) is 5.89 Å². The number of nitrogens with zero attached hydrogens (tertiary/aromatic N) is 4. The minimum Gasteiger partial charge on any atom is -0.340 e. The second-order valence-electron chi connectivity index (χ2n) is 4.46. The van der Waals surface area contributed by atoms with E-state index in [1.54, 1.807) is 6.07 Å². The van der Waals surface area contributed by atoms with Crippen molar-refractivity contribution in [2.24, 2.45) is 0 Å². The van der Waals surface area contributed by atoms with E-state index < -0.39 is 5.82 Å². The molecule has 2 heterocycles. The first-order valence-electron chi connectivity index (χ1n) is 6.34. The van der Waals surface area contributed by atoms with Crippen molar-refractivity contribution in [3.05, 3.63) is 41.0 Å². The highest BCUT2D eigenvalue weighted by molar-refractivity contribution is 6.31. The lowest BCUT2D eigenvalue weighted by Gasteiger charge is -2.07. The summed E-state index contributed by atoms with van der Waals surface area (Å²) >= 11 is 11.7. The summed E-state index contributed by atoms with van der Waals surface area (Å²) in [6.45, 7) is 0.576. The molecule has 21 heavy (non-hydrogen) atoms. The lowest BCUT2D eigenvalue weighted by atomic mass is 10.3. The number of alkyl halides is 1. The molecule has 0 saturated heterocycles. The predicted octanol–water partition coefficient (Wildman–Crippen LogP) is 3.24. The Hall–Kier alpha value is -1.66. The van der Waals surface area contributed by atoms with Crippen molar-refractivity contribution < 1.29 is 8.91 Å². The molecule has 8 heteroatoms. The van der Waals surface area contributed by atoms with Crippen molar-refractivity contribution in [1.82, 2.24) is 19.7 Å². The van der Waals surface area contributed by atoms with Crippen LogP contribution in [0, 0.1) is 5.82 Å². The third-order valence-electron chi connectivity index (χ3n) is 3.14. The van der Waals surface area contributed by atoms with Gasteiger partial charge in [0.1, 0.15) is 11.6 Å². The number of hydrogen-bond acceptors (Lipinski definition) is 4. The Morgan fingerprint density at radius 2 is 2.14 bits per heavy atom. The summed E-state index contributed by atoms with van der Waals surface area (Å²) in [6.07, 6.45) is 2.49. The maximum absolute atomic E-state index is 13.5. The molecule has 0 fully saturated rings. The van der Waals surface area contributed by atoms with Gasteiger partial charge in [0.25, 0.3) is 0 Å². The lowest BCUT2D eigenvalue weighted by molar-refractivity contribution is 0.371. The molecule has 0 amide bonds. The molecule has 0 unspecified atom stereocenters. The van der Waals surface area contributed by atoms with Gasteiger partial charge in [-0.3, -0.25) is 0 Å².